The Kier molecular flexibility index (Phi) is 8.44. The van der Waals surface area contributed by atoms with Crippen molar-refractivity contribution in [1.29, 1.82) is 0 Å². The zero-order valence-corrected chi connectivity index (χ0v) is 6.15. The molecule has 0 aliphatic carbocycles. The molecule has 0 bridgehead atoms. The van der Waals surface area contributed by atoms with E-state index in [9.17, 15) is 8.42 Å². The van der Waals surface area contributed by atoms with Crippen LogP contribution < -0.4 is 0 Å². The van der Waals surface area contributed by atoms with Crippen LogP contribution in [-0.2, 0) is 14.3 Å². The van der Waals surface area contributed by atoms with Crippen LogP contribution in [0, 0.1) is 0 Å². The van der Waals surface area contributed by atoms with E-state index >= 15 is 0 Å². The molecule has 0 aliphatic rings. The van der Waals surface area contributed by atoms with Crippen molar-refractivity contribution in [3.05, 3.63) is 12.7 Å². The predicted molar refractivity (Wildman–Crippen MR) is 42.8 cm³/mol. The summed E-state index contributed by atoms with van der Waals surface area (Å²) in [4.78, 5) is 0. The van der Waals surface area contributed by atoms with Crippen LogP contribution in [0.25, 0.3) is 0 Å². The first-order valence-corrected chi connectivity index (χ1v) is 4.18. The van der Waals surface area contributed by atoms with Crippen LogP contribution >= 0.6 is 0 Å². The molecule has 0 amide bonds. The summed E-state index contributed by atoms with van der Waals surface area (Å²) in [6.45, 7) is 5.09. The zero-order valence-electron chi connectivity index (χ0n) is 5.33. The van der Waals surface area contributed by atoms with Gasteiger partial charge in [-0.3, -0.25) is 4.18 Å². The quantitative estimate of drug-likeness (QED) is 0.339. The maximum absolute atomic E-state index is 10.5. The van der Waals surface area contributed by atoms with E-state index in [1.54, 1.807) is 6.92 Å². The van der Waals surface area contributed by atoms with Gasteiger partial charge in [-0.15, -0.1) is 6.58 Å². The average molecular weight is 174 g/mol. The molecule has 10 heavy (non-hydrogen) atoms. The number of rotatable bonds is 4. The van der Waals surface area contributed by atoms with Gasteiger partial charge in [0, 0.05) is 0 Å². The van der Waals surface area contributed by atoms with Crippen molar-refractivity contribution in [3.63, 3.8) is 0 Å². The first-order valence-electron chi connectivity index (χ1n) is 2.60. The standard InChI is InChI=1S/C5H10O3S.Na.H/c1-3-5-9(6,7)8-4-2;;/h3H,1,4-5H2,2H3;;. The van der Waals surface area contributed by atoms with Crippen LogP contribution in [0.2, 0.25) is 0 Å². The molecule has 0 fully saturated rings. The Hall–Kier alpha value is 0.650. The molecular formula is C5H11NaO3S. The van der Waals surface area contributed by atoms with E-state index in [2.05, 4.69) is 10.8 Å². The van der Waals surface area contributed by atoms with Crippen molar-refractivity contribution in [1.82, 2.24) is 0 Å². The van der Waals surface area contributed by atoms with E-state index in [0.717, 1.165) is 0 Å². The Morgan fingerprint density at radius 2 is 2.10 bits per heavy atom. The Labute approximate surface area is 83.9 Å². The van der Waals surface area contributed by atoms with Crippen LogP contribution in [0.4, 0.5) is 0 Å². The van der Waals surface area contributed by atoms with Gasteiger partial charge in [0.2, 0.25) is 0 Å². The van der Waals surface area contributed by atoms with E-state index in [1.165, 1.54) is 6.08 Å². The van der Waals surface area contributed by atoms with E-state index in [4.69, 9.17) is 0 Å². The summed E-state index contributed by atoms with van der Waals surface area (Å²) >= 11 is 0. The zero-order chi connectivity index (χ0) is 7.33. The molecule has 0 rings (SSSR count). The summed E-state index contributed by atoms with van der Waals surface area (Å²) in [6.07, 6.45) is 1.30. The van der Waals surface area contributed by atoms with E-state index < -0.39 is 10.1 Å². The molecule has 0 aromatic rings. The third-order valence-electron chi connectivity index (χ3n) is 0.619. The molecule has 0 aliphatic heterocycles. The fourth-order valence-corrected chi connectivity index (χ4v) is 1.12. The molecule has 0 aromatic heterocycles. The van der Waals surface area contributed by atoms with Crippen LogP contribution in [-0.4, -0.2) is 50.3 Å². The minimum absolute atomic E-state index is 0. The molecule has 0 heterocycles. The van der Waals surface area contributed by atoms with Crippen LogP contribution in [0.3, 0.4) is 0 Å². The first-order chi connectivity index (χ1) is 4.12. The van der Waals surface area contributed by atoms with Gasteiger partial charge in [0.15, 0.2) is 0 Å². The molecule has 0 spiro atoms. The summed E-state index contributed by atoms with van der Waals surface area (Å²) in [6, 6.07) is 0. The summed E-state index contributed by atoms with van der Waals surface area (Å²) in [5.74, 6) is -0.110. The predicted octanol–water partition coefficient (Wildman–Crippen LogP) is -0.110. The monoisotopic (exact) mass is 174 g/mol. The summed E-state index contributed by atoms with van der Waals surface area (Å²) in [7, 11) is -3.30. The van der Waals surface area contributed by atoms with Gasteiger partial charge in [0.1, 0.15) is 0 Å². The van der Waals surface area contributed by atoms with Gasteiger partial charge in [-0.2, -0.15) is 8.42 Å². The van der Waals surface area contributed by atoms with Gasteiger partial charge in [-0.1, -0.05) is 6.08 Å². The topological polar surface area (TPSA) is 43.4 Å². The molecule has 0 saturated carbocycles. The summed E-state index contributed by atoms with van der Waals surface area (Å²) in [5.41, 5.74) is 0. The number of hydrogen-bond donors (Lipinski definition) is 0. The average Bonchev–Trinajstić information content (AvgIpc) is 1.64. The van der Waals surface area contributed by atoms with Crippen molar-refractivity contribution >= 4 is 39.7 Å². The second-order valence-corrected chi connectivity index (χ2v) is 3.10. The molecule has 0 atom stereocenters. The van der Waals surface area contributed by atoms with Crippen molar-refractivity contribution in [2.75, 3.05) is 12.4 Å². The molecule has 0 unspecified atom stereocenters. The van der Waals surface area contributed by atoms with Gasteiger partial charge < -0.3 is 0 Å². The molecule has 5 heteroatoms. The molecule has 56 valence electrons. The second kappa shape index (κ2) is 6.37. The Bertz CT molecular complexity index is 173. The Morgan fingerprint density at radius 1 is 1.60 bits per heavy atom. The molecule has 0 aromatic carbocycles. The van der Waals surface area contributed by atoms with Gasteiger partial charge in [0.05, 0.1) is 12.4 Å². The third kappa shape index (κ3) is 6.77. The SMILES string of the molecule is C=CCS(=O)(=O)OCC.[NaH]. The minimum atomic E-state index is -3.30. The van der Waals surface area contributed by atoms with Crippen molar-refractivity contribution in [2.45, 2.75) is 6.92 Å². The van der Waals surface area contributed by atoms with Gasteiger partial charge in [-0.05, 0) is 6.92 Å². The van der Waals surface area contributed by atoms with Gasteiger partial charge >= 0.3 is 29.6 Å². The summed E-state index contributed by atoms with van der Waals surface area (Å²) < 4.78 is 25.4. The second-order valence-electron chi connectivity index (χ2n) is 1.42. The van der Waals surface area contributed by atoms with Gasteiger partial charge in [0.25, 0.3) is 10.1 Å². The maximum atomic E-state index is 10.5. The van der Waals surface area contributed by atoms with Gasteiger partial charge in [-0.25, -0.2) is 0 Å². The molecule has 0 saturated heterocycles. The third-order valence-corrected chi connectivity index (χ3v) is 1.86. The first kappa shape index (κ1) is 13.3. The van der Waals surface area contributed by atoms with E-state index in [1.807, 2.05) is 0 Å². The fourth-order valence-electron chi connectivity index (χ4n) is 0.372. The normalized spacial score (nSPS) is 10.1. The van der Waals surface area contributed by atoms with Crippen molar-refractivity contribution < 1.29 is 12.6 Å². The van der Waals surface area contributed by atoms with Crippen molar-refractivity contribution in [2.24, 2.45) is 0 Å². The molecule has 3 nitrogen and oxygen atoms in total. The molecule has 0 radical (unpaired) electrons. The number of hydrogen-bond acceptors (Lipinski definition) is 3. The Morgan fingerprint density at radius 3 is 2.40 bits per heavy atom. The fraction of sp³-hybridized carbons (Fsp3) is 0.600. The summed E-state index contributed by atoms with van der Waals surface area (Å²) in [5, 5.41) is 0. The van der Waals surface area contributed by atoms with Crippen molar-refractivity contribution in [3.8, 4) is 0 Å². The molecular weight excluding hydrogens is 163 g/mol. The molecule has 0 N–H and O–H groups in total. The van der Waals surface area contributed by atoms with Crippen LogP contribution in [0.5, 0.6) is 0 Å². The Balaban J connectivity index is 0. The van der Waals surface area contributed by atoms with Crippen LogP contribution in [0.1, 0.15) is 6.92 Å². The van der Waals surface area contributed by atoms with Crippen LogP contribution in [0.15, 0.2) is 12.7 Å². The van der Waals surface area contributed by atoms with E-state index in [-0.39, 0.29) is 41.9 Å². The van der Waals surface area contributed by atoms with E-state index in [0.29, 0.717) is 0 Å².